The molecule has 138 valence electrons. The summed E-state index contributed by atoms with van der Waals surface area (Å²) >= 11 is 0. The van der Waals surface area contributed by atoms with Crippen LogP contribution in [-0.4, -0.2) is 46.3 Å². The van der Waals surface area contributed by atoms with E-state index in [0.717, 1.165) is 11.3 Å². The number of para-hydroxylation sites is 1. The summed E-state index contributed by atoms with van der Waals surface area (Å²) in [6.45, 7) is 5.36. The predicted octanol–water partition coefficient (Wildman–Crippen LogP) is 2.15. The molecule has 2 aromatic rings. The number of carbonyl (C=O) groups excluding carboxylic acids is 2. The highest BCUT2D eigenvalue weighted by molar-refractivity contribution is 6.02. The van der Waals surface area contributed by atoms with Crippen molar-refractivity contribution in [3.8, 4) is 0 Å². The molecule has 1 atom stereocenters. The first-order valence-electron chi connectivity index (χ1n) is 8.72. The van der Waals surface area contributed by atoms with E-state index in [4.69, 9.17) is 4.74 Å². The number of amides is 2. The highest BCUT2D eigenvalue weighted by atomic mass is 16.5. The smallest absolute Gasteiger partial charge is 0.258 e. The van der Waals surface area contributed by atoms with Gasteiger partial charge in [-0.15, -0.1) is 0 Å². The van der Waals surface area contributed by atoms with Crippen LogP contribution in [0.3, 0.4) is 0 Å². The Morgan fingerprint density at radius 3 is 2.88 bits per heavy atom. The normalized spacial score (nSPS) is 17.0. The summed E-state index contributed by atoms with van der Waals surface area (Å²) in [6.07, 6.45) is 3.25. The second-order valence-corrected chi connectivity index (χ2v) is 6.75. The molecule has 0 aliphatic carbocycles. The fourth-order valence-corrected chi connectivity index (χ4v) is 3.22. The number of rotatable bonds is 5. The average Bonchev–Trinajstić information content (AvgIpc) is 3.02. The van der Waals surface area contributed by atoms with E-state index in [9.17, 15) is 9.59 Å². The molecule has 1 unspecified atom stereocenters. The standard InChI is InChI=1S/C19H24N4O3/c1-13(2)17-18(24)21-16-7-5-4-6-14(16)12-23(17)19(25)15-10-20-22(11-15)8-9-26-3/h4-7,10-11,13,17H,8-9,12H2,1-3H3,(H,21,24). The van der Waals surface area contributed by atoms with E-state index in [0.29, 0.717) is 25.3 Å². The molecule has 0 saturated heterocycles. The molecule has 7 heteroatoms. The summed E-state index contributed by atoms with van der Waals surface area (Å²) in [6, 6.07) is 7.03. The van der Waals surface area contributed by atoms with Gasteiger partial charge < -0.3 is 15.0 Å². The molecule has 0 spiro atoms. The molecule has 0 radical (unpaired) electrons. The number of anilines is 1. The topological polar surface area (TPSA) is 76.5 Å². The molecule has 0 bridgehead atoms. The monoisotopic (exact) mass is 356 g/mol. The lowest BCUT2D eigenvalue weighted by Gasteiger charge is -2.31. The van der Waals surface area contributed by atoms with Gasteiger partial charge in [0.1, 0.15) is 6.04 Å². The molecule has 0 saturated carbocycles. The zero-order valence-corrected chi connectivity index (χ0v) is 15.3. The molecule has 1 N–H and O–H groups in total. The molecule has 1 aromatic heterocycles. The van der Waals surface area contributed by atoms with Crippen LogP contribution in [0.2, 0.25) is 0 Å². The van der Waals surface area contributed by atoms with E-state index < -0.39 is 6.04 Å². The summed E-state index contributed by atoms with van der Waals surface area (Å²) < 4.78 is 6.71. The third-order valence-electron chi connectivity index (χ3n) is 4.52. The van der Waals surface area contributed by atoms with Crippen molar-refractivity contribution >= 4 is 17.5 Å². The Morgan fingerprint density at radius 1 is 1.38 bits per heavy atom. The minimum absolute atomic E-state index is 0.0169. The van der Waals surface area contributed by atoms with Crippen molar-refractivity contribution in [1.29, 1.82) is 0 Å². The molecule has 26 heavy (non-hydrogen) atoms. The maximum Gasteiger partial charge on any atom is 0.258 e. The van der Waals surface area contributed by atoms with Gasteiger partial charge in [-0.25, -0.2) is 0 Å². The molecule has 2 amide bonds. The molecular formula is C19H24N4O3. The number of hydrogen-bond donors (Lipinski definition) is 1. The van der Waals surface area contributed by atoms with Gasteiger partial charge in [-0.2, -0.15) is 5.10 Å². The number of carbonyl (C=O) groups is 2. The maximum atomic E-state index is 13.2. The molecule has 1 aliphatic heterocycles. The third kappa shape index (κ3) is 3.62. The number of nitrogens with one attached hydrogen (secondary N) is 1. The van der Waals surface area contributed by atoms with Crippen molar-refractivity contribution in [2.75, 3.05) is 19.0 Å². The second-order valence-electron chi connectivity index (χ2n) is 6.75. The molecule has 3 rings (SSSR count). The highest BCUT2D eigenvalue weighted by Gasteiger charge is 2.36. The van der Waals surface area contributed by atoms with Crippen LogP contribution in [0.4, 0.5) is 5.69 Å². The first kappa shape index (κ1) is 18.1. The minimum Gasteiger partial charge on any atom is -0.383 e. The first-order chi connectivity index (χ1) is 12.5. The SMILES string of the molecule is COCCn1cc(C(=O)N2Cc3ccccc3NC(=O)C2C(C)C)cn1. The van der Waals surface area contributed by atoms with Gasteiger partial charge in [-0.1, -0.05) is 32.0 Å². The average molecular weight is 356 g/mol. The molecule has 2 heterocycles. The van der Waals surface area contributed by atoms with Crippen LogP contribution in [0.25, 0.3) is 0 Å². The van der Waals surface area contributed by atoms with E-state index in [-0.39, 0.29) is 17.7 Å². The third-order valence-corrected chi connectivity index (χ3v) is 4.52. The van der Waals surface area contributed by atoms with Crippen molar-refractivity contribution in [2.45, 2.75) is 33.0 Å². The highest BCUT2D eigenvalue weighted by Crippen LogP contribution is 2.27. The lowest BCUT2D eigenvalue weighted by Crippen LogP contribution is -2.48. The van der Waals surface area contributed by atoms with E-state index in [1.807, 2.05) is 38.1 Å². The van der Waals surface area contributed by atoms with Gasteiger partial charge in [0.2, 0.25) is 5.91 Å². The number of aromatic nitrogens is 2. The van der Waals surface area contributed by atoms with Crippen LogP contribution in [0.15, 0.2) is 36.7 Å². The Labute approximate surface area is 152 Å². The van der Waals surface area contributed by atoms with Crippen LogP contribution in [0.5, 0.6) is 0 Å². The summed E-state index contributed by atoms with van der Waals surface area (Å²) in [5.74, 6) is -0.374. The summed E-state index contributed by atoms with van der Waals surface area (Å²) in [4.78, 5) is 27.6. The van der Waals surface area contributed by atoms with Crippen molar-refractivity contribution < 1.29 is 14.3 Å². The second kappa shape index (κ2) is 7.70. The van der Waals surface area contributed by atoms with Crippen molar-refractivity contribution in [1.82, 2.24) is 14.7 Å². The molecule has 0 fully saturated rings. The van der Waals surface area contributed by atoms with E-state index >= 15 is 0 Å². The van der Waals surface area contributed by atoms with Crippen molar-refractivity contribution in [2.24, 2.45) is 5.92 Å². The zero-order chi connectivity index (χ0) is 18.7. The van der Waals surface area contributed by atoms with Gasteiger partial charge in [0, 0.05) is 25.5 Å². The van der Waals surface area contributed by atoms with Gasteiger partial charge in [-0.3, -0.25) is 14.3 Å². The lowest BCUT2D eigenvalue weighted by atomic mass is 10.0. The number of ether oxygens (including phenoxy) is 1. The van der Waals surface area contributed by atoms with E-state index in [2.05, 4.69) is 10.4 Å². The van der Waals surface area contributed by atoms with Crippen LogP contribution < -0.4 is 5.32 Å². The van der Waals surface area contributed by atoms with Crippen LogP contribution in [0, 0.1) is 5.92 Å². The van der Waals surface area contributed by atoms with Crippen LogP contribution in [0.1, 0.15) is 29.8 Å². The summed E-state index contributed by atoms with van der Waals surface area (Å²) in [5.41, 5.74) is 2.15. The number of methoxy groups -OCH3 is 1. The molecule has 7 nitrogen and oxygen atoms in total. The Bertz CT molecular complexity index is 800. The Hall–Kier alpha value is -2.67. The van der Waals surface area contributed by atoms with Crippen LogP contribution >= 0.6 is 0 Å². The number of benzene rings is 1. The van der Waals surface area contributed by atoms with Gasteiger partial charge in [-0.05, 0) is 17.5 Å². The number of hydrogen-bond acceptors (Lipinski definition) is 4. The van der Waals surface area contributed by atoms with Crippen molar-refractivity contribution in [3.05, 3.63) is 47.8 Å². The predicted molar refractivity (Wildman–Crippen MR) is 97.7 cm³/mol. The largest absolute Gasteiger partial charge is 0.383 e. The van der Waals surface area contributed by atoms with Gasteiger partial charge >= 0.3 is 0 Å². The molecule has 1 aromatic carbocycles. The maximum absolute atomic E-state index is 13.2. The van der Waals surface area contributed by atoms with Crippen LogP contribution in [-0.2, 0) is 22.6 Å². The van der Waals surface area contributed by atoms with Gasteiger partial charge in [0.05, 0.1) is 24.9 Å². The minimum atomic E-state index is -0.544. The van der Waals surface area contributed by atoms with Gasteiger partial charge in [0.15, 0.2) is 0 Å². The van der Waals surface area contributed by atoms with E-state index in [1.54, 1.807) is 29.1 Å². The molecular weight excluding hydrogens is 332 g/mol. The zero-order valence-electron chi connectivity index (χ0n) is 15.3. The summed E-state index contributed by atoms with van der Waals surface area (Å²) in [5, 5.41) is 7.17. The van der Waals surface area contributed by atoms with E-state index in [1.165, 1.54) is 0 Å². The number of fused-ring (bicyclic) bond motifs is 1. The Morgan fingerprint density at radius 2 is 2.15 bits per heavy atom. The fourth-order valence-electron chi connectivity index (χ4n) is 3.22. The number of nitrogens with zero attached hydrogens (tertiary/aromatic N) is 3. The Kier molecular flexibility index (Phi) is 5.37. The quantitative estimate of drug-likeness (QED) is 0.891. The lowest BCUT2D eigenvalue weighted by molar-refractivity contribution is -0.121. The van der Waals surface area contributed by atoms with Gasteiger partial charge in [0.25, 0.3) is 5.91 Å². The van der Waals surface area contributed by atoms with Crippen molar-refractivity contribution in [3.63, 3.8) is 0 Å². The molecule has 1 aliphatic rings. The fraction of sp³-hybridized carbons (Fsp3) is 0.421. The first-order valence-corrected chi connectivity index (χ1v) is 8.72. The summed E-state index contributed by atoms with van der Waals surface area (Å²) in [7, 11) is 1.62. The Balaban J connectivity index is 1.92.